The molecule has 2 aromatic rings. The molecule has 0 saturated heterocycles. The number of nitrogens with zero attached hydrogens (tertiary/aromatic N) is 1. The third kappa shape index (κ3) is 3.41. The number of amides is 1. The van der Waals surface area contributed by atoms with Gasteiger partial charge >= 0.3 is 0 Å². The summed E-state index contributed by atoms with van der Waals surface area (Å²) in [6.07, 6.45) is 1.69. The van der Waals surface area contributed by atoms with Crippen LogP contribution < -0.4 is 5.32 Å². The number of carbonyl (C=O) groups is 1. The molecule has 1 unspecified atom stereocenters. The Kier molecular flexibility index (Phi) is 4.45. The number of hydrogen-bond acceptors (Lipinski definition) is 2. The lowest BCUT2D eigenvalue weighted by atomic mass is 10.00. The maximum absolute atomic E-state index is 13.2. The lowest BCUT2D eigenvalue weighted by molar-refractivity contribution is 0.0924. The first-order chi connectivity index (χ1) is 9.58. The van der Waals surface area contributed by atoms with Gasteiger partial charge in [-0.3, -0.25) is 9.78 Å². The van der Waals surface area contributed by atoms with Crippen molar-refractivity contribution in [1.29, 1.82) is 0 Å². The zero-order chi connectivity index (χ0) is 14.5. The molecular weight excluding hydrogens is 255 g/mol. The van der Waals surface area contributed by atoms with Gasteiger partial charge in [0.2, 0.25) is 0 Å². The molecule has 0 aliphatic carbocycles. The smallest absolute Gasteiger partial charge is 0.251 e. The molecule has 4 heteroatoms. The summed E-state index contributed by atoms with van der Waals surface area (Å²) in [7, 11) is 0. The molecule has 3 nitrogen and oxygen atoms in total. The van der Waals surface area contributed by atoms with E-state index in [0.717, 1.165) is 5.69 Å². The normalized spacial score (nSPS) is 12.2. The predicted molar refractivity (Wildman–Crippen MR) is 75.7 cm³/mol. The second-order valence-corrected chi connectivity index (χ2v) is 4.96. The molecule has 0 spiro atoms. The molecule has 1 aromatic heterocycles. The molecule has 0 fully saturated rings. The maximum Gasteiger partial charge on any atom is 0.251 e. The highest BCUT2D eigenvalue weighted by atomic mass is 19.1. The quantitative estimate of drug-likeness (QED) is 0.927. The van der Waals surface area contributed by atoms with Gasteiger partial charge in [-0.25, -0.2) is 4.39 Å². The fourth-order valence-electron chi connectivity index (χ4n) is 2.00. The summed E-state index contributed by atoms with van der Waals surface area (Å²) in [4.78, 5) is 16.5. The number of aromatic nitrogens is 1. The van der Waals surface area contributed by atoms with Gasteiger partial charge in [0.15, 0.2) is 0 Å². The van der Waals surface area contributed by atoms with Crippen LogP contribution in [0.3, 0.4) is 0 Å². The highest BCUT2D eigenvalue weighted by molar-refractivity contribution is 5.94. The molecule has 104 valence electrons. The Morgan fingerprint density at radius 2 is 2.00 bits per heavy atom. The lowest BCUT2D eigenvalue weighted by Gasteiger charge is -2.21. The average Bonchev–Trinajstić information content (AvgIpc) is 2.45. The summed E-state index contributed by atoms with van der Waals surface area (Å²) in [6.45, 7) is 4.01. The fourth-order valence-corrected chi connectivity index (χ4v) is 2.00. The summed E-state index contributed by atoms with van der Waals surface area (Å²) >= 11 is 0. The van der Waals surface area contributed by atoms with Crippen molar-refractivity contribution in [3.05, 3.63) is 65.7 Å². The first-order valence-electron chi connectivity index (χ1n) is 6.55. The maximum atomic E-state index is 13.2. The zero-order valence-electron chi connectivity index (χ0n) is 11.5. The number of nitrogens with one attached hydrogen (secondary N) is 1. The number of pyridine rings is 1. The molecule has 0 aliphatic rings. The van der Waals surface area contributed by atoms with Crippen molar-refractivity contribution in [1.82, 2.24) is 10.3 Å². The van der Waals surface area contributed by atoms with E-state index in [1.54, 1.807) is 12.3 Å². The third-order valence-corrected chi connectivity index (χ3v) is 3.05. The Balaban J connectivity index is 2.19. The molecule has 0 aliphatic heterocycles. The van der Waals surface area contributed by atoms with E-state index in [2.05, 4.69) is 10.3 Å². The zero-order valence-corrected chi connectivity index (χ0v) is 11.5. The number of halogens is 1. The van der Waals surface area contributed by atoms with E-state index < -0.39 is 5.82 Å². The molecule has 1 atom stereocenters. The predicted octanol–water partition coefficient (Wildman–Crippen LogP) is 3.35. The van der Waals surface area contributed by atoms with Gasteiger partial charge in [-0.2, -0.15) is 0 Å². The lowest BCUT2D eigenvalue weighted by Crippen LogP contribution is -2.32. The largest absolute Gasteiger partial charge is 0.343 e. The van der Waals surface area contributed by atoms with Gasteiger partial charge in [0, 0.05) is 11.8 Å². The second kappa shape index (κ2) is 6.28. The van der Waals surface area contributed by atoms with Gasteiger partial charge in [-0.1, -0.05) is 26.0 Å². The van der Waals surface area contributed by atoms with Crippen molar-refractivity contribution in [2.75, 3.05) is 0 Å². The van der Waals surface area contributed by atoms with Crippen molar-refractivity contribution < 1.29 is 9.18 Å². The number of rotatable bonds is 4. The summed E-state index contributed by atoms with van der Waals surface area (Å²) in [6, 6.07) is 11.0. The fraction of sp³-hybridized carbons (Fsp3) is 0.250. The highest BCUT2D eigenvalue weighted by Gasteiger charge is 2.20. The van der Waals surface area contributed by atoms with Crippen molar-refractivity contribution in [2.24, 2.45) is 5.92 Å². The Labute approximate surface area is 117 Å². The highest BCUT2D eigenvalue weighted by Crippen LogP contribution is 2.20. The minimum absolute atomic E-state index is 0.183. The van der Waals surface area contributed by atoms with Crippen LogP contribution in [-0.4, -0.2) is 10.9 Å². The van der Waals surface area contributed by atoms with E-state index in [-0.39, 0.29) is 17.9 Å². The first kappa shape index (κ1) is 14.2. The SMILES string of the molecule is CC(C)C(NC(=O)c1cccc(F)c1)c1ccccn1. The van der Waals surface area contributed by atoms with Crippen LogP contribution >= 0.6 is 0 Å². The van der Waals surface area contributed by atoms with Gasteiger partial charge < -0.3 is 5.32 Å². The number of carbonyl (C=O) groups excluding carboxylic acids is 1. The van der Waals surface area contributed by atoms with Crippen LogP contribution in [0.15, 0.2) is 48.7 Å². The summed E-state index contributed by atoms with van der Waals surface area (Å²) < 4.78 is 13.2. The molecule has 1 amide bonds. The van der Waals surface area contributed by atoms with Crippen LogP contribution in [0.1, 0.15) is 35.9 Å². The molecule has 0 bridgehead atoms. The van der Waals surface area contributed by atoms with Crippen LogP contribution in [0.25, 0.3) is 0 Å². The summed E-state index contributed by atoms with van der Waals surface area (Å²) in [5.41, 5.74) is 1.11. The molecule has 0 saturated carbocycles. The Hall–Kier alpha value is -2.23. The minimum atomic E-state index is -0.420. The van der Waals surface area contributed by atoms with Crippen LogP contribution in [-0.2, 0) is 0 Å². The van der Waals surface area contributed by atoms with E-state index in [0.29, 0.717) is 5.56 Å². The molecule has 20 heavy (non-hydrogen) atoms. The van der Waals surface area contributed by atoms with Crippen LogP contribution in [0.5, 0.6) is 0 Å². The Morgan fingerprint density at radius 1 is 1.20 bits per heavy atom. The van der Waals surface area contributed by atoms with Gasteiger partial charge in [-0.15, -0.1) is 0 Å². The van der Waals surface area contributed by atoms with Crippen molar-refractivity contribution in [3.8, 4) is 0 Å². The van der Waals surface area contributed by atoms with Crippen LogP contribution in [0.4, 0.5) is 4.39 Å². The minimum Gasteiger partial charge on any atom is -0.343 e. The molecule has 0 radical (unpaired) electrons. The summed E-state index contributed by atoms with van der Waals surface area (Å²) in [5.74, 6) is -0.534. The Bertz CT molecular complexity index is 584. The van der Waals surface area contributed by atoms with Crippen molar-refractivity contribution in [2.45, 2.75) is 19.9 Å². The van der Waals surface area contributed by atoms with Gasteiger partial charge in [0.1, 0.15) is 5.82 Å². The Morgan fingerprint density at radius 3 is 2.60 bits per heavy atom. The van der Waals surface area contributed by atoms with Crippen LogP contribution in [0.2, 0.25) is 0 Å². The van der Waals surface area contributed by atoms with Gasteiger partial charge in [0.25, 0.3) is 5.91 Å². The molecule has 1 aromatic carbocycles. The van der Waals surface area contributed by atoms with E-state index in [9.17, 15) is 9.18 Å². The number of benzene rings is 1. The van der Waals surface area contributed by atoms with E-state index in [1.807, 2.05) is 32.0 Å². The topological polar surface area (TPSA) is 42.0 Å². The van der Waals surface area contributed by atoms with Crippen molar-refractivity contribution >= 4 is 5.91 Å². The number of hydrogen-bond donors (Lipinski definition) is 1. The molecule has 2 rings (SSSR count). The average molecular weight is 272 g/mol. The van der Waals surface area contributed by atoms with E-state index >= 15 is 0 Å². The van der Waals surface area contributed by atoms with Gasteiger partial charge in [0.05, 0.1) is 11.7 Å². The molecular formula is C16H17FN2O. The monoisotopic (exact) mass is 272 g/mol. The van der Waals surface area contributed by atoms with Gasteiger partial charge in [-0.05, 0) is 36.2 Å². The second-order valence-electron chi connectivity index (χ2n) is 4.96. The van der Waals surface area contributed by atoms with E-state index in [4.69, 9.17) is 0 Å². The van der Waals surface area contributed by atoms with Crippen LogP contribution in [0, 0.1) is 11.7 Å². The third-order valence-electron chi connectivity index (χ3n) is 3.05. The molecule has 1 N–H and O–H groups in total. The molecule has 1 heterocycles. The van der Waals surface area contributed by atoms with E-state index in [1.165, 1.54) is 18.2 Å². The van der Waals surface area contributed by atoms with Crippen molar-refractivity contribution in [3.63, 3.8) is 0 Å². The standard InChI is InChI=1S/C16H17FN2O/c1-11(2)15(14-8-3-4-9-18-14)19-16(20)12-6-5-7-13(17)10-12/h3-11,15H,1-2H3,(H,19,20). The first-order valence-corrected chi connectivity index (χ1v) is 6.55. The summed E-state index contributed by atoms with van der Waals surface area (Å²) in [5, 5.41) is 2.91.